The summed E-state index contributed by atoms with van der Waals surface area (Å²) in [5.41, 5.74) is 0.774. The maximum atomic E-state index is 12.3. The summed E-state index contributed by atoms with van der Waals surface area (Å²) in [4.78, 5) is 13.3. The van der Waals surface area contributed by atoms with Gasteiger partial charge >= 0.3 is 0 Å². The smallest absolute Gasteiger partial charge is 0.241 e. The van der Waals surface area contributed by atoms with Crippen LogP contribution in [0.5, 0.6) is 0 Å². The minimum atomic E-state index is -3.66. The zero-order valence-electron chi connectivity index (χ0n) is 11.1. The Bertz CT molecular complexity index is 680. The Labute approximate surface area is 117 Å². The summed E-state index contributed by atoms with van der Waals surface area (Å²) in [7, 11) is -1.99. The number of hydrogen-bond acceptors (Lipinski definition) is 4. The molecule has 2 aliphatic rings. The maximum Gasteiger partial charge on any atom is 0.241 e. The van der Waals surface area contributed by atoms with E-state index in [4.69, 9.17) is 0 Å². The summed E-state index contributed by atoms with van der Waals surface area (Å²) in [5.74, 6) is -0.0449. The molecule has 1 fully saturated rings. The third-order valence-corrected chi connectivity index (χ3v) is 5.52. The molecule has 1 amide bonds. The number of fused-ring (bicyclic) bond motifs is 1. The summed E-state index contributed by atoms with van der Waals surface area (Å²) in [6.07, 6.45) is 1.52. The highest BCUT2D eigenvalue weighted by Gasteiger charge is 2.45. The number of benzene rings is 1. The first-order valence-corrected chi connectivity index (χ1v) is 7.90. The van der Waals surface area contributed by atoms with Gasteiger partial charge in [0.05, 0.1) is 23.5 Å². The Morgan fingerprint density at radius 2 is 2.10 bits per heavy atom. The number of anilines is 1. The molecule has 1 aromatic rings. The summed E-state index contributed by atoms with van der Waals surface area (Å²) >= 11 is 0. The maximum absolute atomic E-state index is 12.3. The van der Waals surface area contributed by atoms with Crippen LogP contribution in [0, 0.1) is 0 Å². The lowest BCUT2D eigenvalue weighted by Gasteiger charge is -2.15. The van der Waals surface area contributed by atoms with Gasteiger partial charge < -0.3 is 10.0 Å². The molecular weight excluding hydrogens is 280 g/mol. The monoisotopic (exact) mass is 296 g/mol. The van der Waals surface area contributed by atoms with Crippen molar-refractivity contribution in [1.29, 1.82) is 0 Å². The van der Waals surface area contributed by atoms with Gasteiger partial charge in [0.1, 0.15) is 0 Å². The molecule has 0 aromatic heterocycles. The van der Waals surface area contributed by atoms with Gasteiger partial charge in [-0.1, -0.05) is 0 Å². The third kappa shape index (κ3) is 2.11. The van der Waals surface area contributed by atoms with Gasteiger partial charge in [-0.15, -0.1) is 0 Å². The Morgan fingerprint density at radius 3 is 2.70 bits per heavy atom. The van der Waals surface area contributed by atoms with Crippen LogP contribution in [0.2, 0.25) is 0 Å². The molecule has 0 spiro atoms. The van der Waals surface area contributed by atoms with Gasteiger partial charge in [-0.2, -0.15) is 0 Å². The Morgan fingerprint density at radius 1 is 1.40 bits per heavy atom. The number of nitrogens with zero attached hydrogens (tertiary/aromatic N) is 1. The molecule has 2 N–H and O–H groups in total. The predicted octanol–water partition coefficient (Wildman–Crippen LogP) is 0.00870. The highest BCUT2D eigenvalue weighted by atomic mass is 32.2. The summed E-state index contributed by atoms with van der Waals surface area (Å²) in [6, 6.07) is 4.67. The normalized spacial score (nSPS) is 20.1. The lowest BCUT2D eigenvalue weighted by molar-refractivity contribution is -0.117. The molecular formula is C13H16N2O4S. The first-order valence-electron chi connectivity index (χ1n) is 6.41. The van der Waals surface area contributed by atoms with E-state index in [0.29, 0.717) is 18.4 Å². The molecule has 1 saturated carbocycles. The van der Waals surface area contributed by atoms with Gasteiger partial charge in [0.25, 0.3) is 0 Å². The lowest BCUT2D eigenvalue weighted by atomic mass is 10.2. The number of hydrogen-bond donors (Lipinski definition) is 2. The molecule has 1 aromatic carbocycles. The van der Waals surface area contributed by atoms with E-state index in [0.717, 1.165) is 5.69 Å². The van der Waals surface area contributed by atoms with E-state index in [1.54, 1.807) is 13.1 Å². The van der Waals surface area contributed by atoms with Gasteiger partial charge in [0.15, 0.2) is 0 Å². The van der Waals surface area contributed by atoms with Gasteiger partial charge in [-0.25, -0.2) is 13.1 Å². The molecule has 0 atom stereocenters. The number of nitrogens with one attached hydrogen (secondary N) is 1. The summed E-state index contributed by atoms with van der Waals surface area (Å²) < 4.78 is 27.1. The highest BCUT2D eigenvalue weighted by Crippen LogP contribution is 2.37. The van der Waals surface area contributed by atoms with Crippen LogP contribution in [0.25, 0.3) is 0 Å². The van der Waals surface area contributed by atoms with Crippen LogP contribution in [-0.2, 0) is 21.2 Å². The van der Waals surface area contributed by atoms with E-state index in [9.17, 15) is 18.3 Å². The lowest BCUT2D eigenvalue weighted by Crippen LogP contribution is -2.39. The molecule has 0 unspecified atom stereocenters. The molecule has 0 radical (unpaired) electrons. The van der Waals surface area contributed by atoms with Crippen molar-refractivity contribution < 1.29 is 18.3 Å². The number of aliphatic hydroxyl groups excluding tert-OH is 1. The van der Waals surface area contributed by atoms with E-state index < -0.39 is 15.6 Å². The average Bonchev–Trinajstić information content (AvgIpc) is 3.11. The van der Waals surface area contributed by atoms with Crippen LogP contribution in [0.15, 0.2) is 23.1 Å². The van der Waals surface area contributed by atoms with Crippen LogP contribution >= 0.6 is 0 Å². The van der Waals surface area contributed by atoms with Crippen LogP contribution in [-0.4, -0.2) is 38.6 Å². The van der Waals surface area contributed by atoms with E-state index in [1.165, 1.54) is 17.0 Å². The van der Waals surface area contributed by atoms with Crippen LogP contribution in [0.1, 0.15) is 18.4 Å². The van der Waals surface area contributed by atoms with Crippen molar-refractivity contribution in [2.24, 2.45) is 0 Å². The molecule has 0 saturated heterocycles. The molecule has 1 aliphatic heterocycles. The fourth-order valence-corrected chi connectivity index (χ4v) is 3.90. The first kappa shape index (κ1) is 13.5. The molecule has 1 aliphatic carbocycles. The van der Waals surface area contributed by atoms with Crippen molar-refractivity contribution in [2.45, 2.75) is 29.7 Å². The summed E-state index contributed by atoms with van der Waals surface area (Å²) in [6.45, 7) is -0.196. The van der Waals surface area contributed by atoms with Crippen molar-refractivity contribution >= 4 is 21.6 Å². The Kier molecular flexibility index (Phi) is 2.89. The summed E-state index contributed by atoms with van der Waals surface area (Å²) in [5, 5.41) is 9.21. The Hall–Kier alpha value is -1.44. The fraction of sp³-hybridized carbons (Fsp3) is 0.462. The predicted molar refractivity (Wildman–Crippen MR) is 72.9 cm³/mol. The SMILES string of the molecule is CN1C(=O)Cc2cc(S(=O)(=O)NC3(CO)CC3)ccc21. The minimum Gasteiger partial charge on any atom is -0.394 e. The molecule has 0 bridgehead atoms. The zero-order chi connectivity index (χ0) is 14.5. The van der Waals surface area contributed by atoms with Crippen LogP contribution in [0.4, 0.5) is 5.69 Å². The van der Waals surface area contributed by atoms with Crippen molar-refractivity contribution in [3.05, 3.63) is 23.8 Å². The number of aliphatic hydroxyl groups is 1. The third-order valence-electron chi connectivity index (χ3n) is 3.95. The first-order chi connectivity index (χ1) is 9.37. The second-order valence-electron chi connectivity index (χ2n) is 5.46. The van der Waals surface area contributed by atoms with Gasteiger partial charge in [0.2, 0.25) is 15.9 Å². The molecule has 108 valence electrons. The molecule has 6 nitrogen and oxygen atoms in total. The van der Waals surface area contributed by atoms with Crippen molar-refractivity contribution in [3.63, 3.8) is 0 Å². The van der Waals surface area contributed by atoms with Crippen molar-refractivity contribution in [1.82, 2.24) is 4.72 Å². The van der Waals surface area contributed by atoms with Crippen LogP contribution < -0.4 is 9.62 Å². The minimum absolute atomic E-state index is 0.0449. The quantitative estimate of drug-likeness (QED) is 0.819. The standard InChI is InChI=1S/C13H16N2O4S/c1-15-11-3-2-10(6-9(11)7-12(15)17)20(18,19)14-13(8-16)4-5-13/h2-3,6,14,16H,4-5,7-8H2,1H3. The second kappa shape index (κ2) is 4.28. The van der Waals surface area contributed by atoms with Gasteiger partial charge in [-0.3, -0.25) is 4.79 Å². The largest absolute Gasteiger partial charge is 0.394 e. The highest BCUT2D eigenvalue weighted by molar-refractivity contribution is 7.89. The van der Waals surface area contributed by atoms with Crippen molar-refractivity contribution in [2.75, 3.05) is 18.6 Å². The number of amides is 1. The Balaban J connectivity index is 1.92. The van der Waals surface area contributed by atoms with E-state index >= 15 is 0 Å². The number of likely N-dealkylation sites (N-methyl/N-ethyl adjacent to an activating group) is 1. The fourth-order valence-electron chi connectivity index (χ4n) is 2.40. The molecule has 20 heavy (non-hydrogen) atoms. The van der Waals surface area contributed by atoms with E-state index in [-0.39, 0.29) is 23.8 Å². The molecule has 3 rings (SSSR count). The van der Waals surface area contributed by atoms with Gasteiger partial charge in [-0.05, 0) is 36.6 Å². The van der Waals surface area contributed by atoms with Gasteiger partial charge in [0, 0.05) is 12.7 Å². The molecule has 1 heterocycles. The van der Waals surface area contributed by atoms with E-state index in [1.807, 2.05) is 0 Å². The van der Waals surface area contributed by atoms with E-state index in [2.05, 4.69) is 4.72 Å². The number of carbonyl (C=O) groups excluding carboxylic acids is 1. The number of sulfonamides is 1. The average molecular weight is 296 g/mol. The number of carbonyl (C=O) groups is 1. The van der Waals surface area contributed by atoms with Crippen molar-refractivity contribution in [3.8, 4) is 0 Å². The second-order valence-corrected chi connectivity index (χ2v) is 7.15. The number of rotatable bonds is 4. The molecule has 7 heteroatoms. The zero-order valence-corrected chi connectivity index (χ0v) is 11.9. The van der Waals surface area contributed by atoms with Crippen LogP contribution in [0.3, 0.4) is 0 Å². The topological polar surface area (TPSA) is 86.7 Å².